The molecule has 1 rings (SSSR count). The molecule has 1 fully saturated rings. The van der Waals surface area contributed by atoms with Gasteiger partial charge in [-0.05, 0) is 60.7 Å². The lowest BCUT2D eigenvalue weighted by Gasteiger charge is -2.35. The number of hydrogen-bond donors (Lipinski definition) is 1. The van der Waals surface area contributed by atoms with Gasteiger partial charge in [0.05, 0.1) is 6.61 Å². The first-order valence-corrected chi connectivity index (χ1v) is 8.09. The van der Waals surface area contributed by atoms with Crippen molar-refractivity contribution in [2.75, 3.05) is 46.9 Å². The number of esters is 1. The Hall–Kier alpha value is -0.650. The smallest absolute Gasteiger partial charge is 0.327 e. The van der Waals surface area contributed by atoms with Crippen molar-refractivity contribution in [2.45, 2.75) is 45.7 Å². The molecule has 0 spiro atoms. The molecule has 0 aliphatic carbocycles. The molecule has 0 bridgehead atoms. The Bertz CT molecular complexity index is 335. The van der Waals surface area contributed by atoms with E-state index in [2.05, 4.69) is 43.1 Å². The van der Waals surface area contributed by atoms with Crippen LogP contribution >= 0.6 is 0 Å². The molecule has 1 N–H and O–H groups in total. The SMILES string of the molecule is CCOC(=O)C(C)(CN(C)CC1CCN(C)C1)NC(C)C. The molecule has 0 aromatic carbocycles. The molecular formula is C16H33N3O2. The summed E-state index contributed by atoms with van der Waals surface area (Å²) in [5, 5.41) is 3.38. The Morgan fingerprint density at radius 1 is 1.52 bits per heavy atom. The maximum atomic E-state index is 12.3. The molecule has 1 heterocycles. The van der Waals surface area contributed by atoms with Gasteiger partial charge in [-0.15, -0.1) is 0 Å². The summed E-state index contributed by atoms with van der Waals surface area (Å²) in [5.41, 5.74) is -0.649. The van der Waals surface area contributed by atoms with Crippen LogP contribution in [0.2, 0.25) is 0 Å². The summed E-state index contributed by atoms with van der Waals surface area (Å²) < 4.78 is 5.26. The highest BCUT2D eigenvalue weighted by atomic mass is 16.5. The number of nitrogens with one attached hydrogen (secondary N) is 1. The standard InChI is InChI=1S/C16H33N3O2/c1-7-21-15(20)16(4,17-13(2)3)12-19(6)11-14-8-9-18(5)10-14/h13-14,17H,7-12H2,1-6H3. The van der Waals surface area contributed by atoms with Crippen LogP contribution < -0.4 is 5.32 Å². The molecule has 5 heteroatoms. The first kappa shape index (κ1) is 18.4. The minimum atomic E-state index is -0.649. The summed E-state index contributed by atoms with van der Waals surface area (Å²) in [4.78, 5) is 16.9. The monoisotopic (exact) mass is 299 g/mol. The lowest BCUT2D eigenvalue weighted by atomic mass is 9.99. The van der Waals surface area contributed by atoms with Gasteiger partial charge in [0.15, 0.2) is 0 Å². The largest absolute Gasteiger partial charge is 0.465 e. The van der Waals surface area contributed by atoms with Gasteiger partial charge >= 0.3 is 5.97 Å². The van der Waals surface area contributed by atoms with Gasteiger partial charge in [0, 0.05) is 25.7 Å². The second-order valence-corrected chi connectivity index (χ2v) is 6.97. The molecular weight excluding hydrogens is 266 g/mol. The second kappa shape index (κ2) is 8.11. The molecule has 1 saturated heterocycles. The average Bonchev–Trinajstić information content (AvgIpc) is 2.73. The summed E-state index contributed by atoms with van der Waals surface area (Å²) in [6, 6.07) is 0.241. The fourth-order valence-corrected chi connectivity index (χ4v) is 3.32. The van der Waals surface area contributed by atoms with Crippen molar-refractivity contribution in [1.82, 2.24) is 15.1 Å². The number of rotatable bonds is 8. The molecule has 2 atom stereocenters. The van der Waals surface area contributed by atoms with Crippen LogP contribution in [0.15, 0.2) is 0 Å². The second-order valence-electron chi connectivity index (χ2n) is 6.97. The van der Waals surface area contributed by atoms with Gasteiger partial charge in [-0.25, -0.2) is 0 Å². The van der Waals surface area contributed by atoms with E-state index in [9.17, 15) is 4.79 Å². The lowest BCUT2D eigenvalue weighted by Crippen LogP contribution is -2.59. The molecule has 1 aliphatic heterocycles. The van der Waals surface area contributed by atoms with Crippen molar-refractivity contribution in [3.05, 3.63) is 0 Å². The van der Waals surface area contributed by atoms with Crippen molar-refractivity contribution >= 4 is 5.97 Å². The van der Waals surface area contributed by atoms with Crippen molar-refractivity contribution < 1.29 is 9.53 Å². The zero-order chi connectivity index (χ0) is 16.0. The van der Waals surface area contributed by atoms with Crippen LogP contribution in [0.4, 0.5) is 0 Å². The highest BCUT2D eigenvalue weighted by molar-refractivity contribution is 5.80. The van der Waals surface area contributed by atoms with Gasteiger partial charge in [0.25, 0.3) is 0 Å². The number of nitrogens with zero attached hydrogens (tertiary/aromatic N) is 2. The van der Waals surface area contributed by atoms with E-state index in [-0.39, 0.29) is 12.0 Å². The van der Waals surface area contributed by atoms with Gasteiger partial charge in [-0.1, -0.05) is 0 Å². The van der Waals surface area contributed by atoms with Crippen LogP contribution in [-0.2, 0) is 9.53 Å². The predicted octanol–water partition coefficient (Wildman–Crippen LogP) is 1.19. The average molecular weight is 299 g/mol. The third kappa shape index (κ3) is 5.93. The van der Waals surface area contributed by atoms with Crippen molar-refractivity contribution in [3.63, 3.8) is 0 Å². The van der Waals surface area contributed by atoms with Gasteiger partial charge < -0.3 is 14.5 Å². The van der Waals surface area contributed by atoms with Gasteiger partial charge in [-0.3, -0.25) is 10.1 Å². The summed E-state index contributed by atoms with van der Waals surface area (Å²) in [6.45, 7) is 12.4. The third-order valence-corrected chi connectivity index (χ3v) is 3.98. The first-order valence-electron chi connectivity index (χ1n) is 8.09. The molecule has 124 valence electrons. The van der Waals surface area contributed by atoms with Crippen LogP contribution in [-0.4, -0.2) is 74.2 Å². The normalized spacial score (nSPS) is 22.8. The van der Waals surface area contributed by atoms with Crippen molar-refractivity contribution in [3.8, 4) is 0 Å². The van der Waals surface area contributed by atoms with Crippen molar-refractivity contribution in [1.29, 1.82) is 0 Å². The van der Waals surface area contributed by atoms with Gasteiger partial charge in [-0.2, -0.15) is 0 Å². The van der Waals surface area contributed by atoms with Crippen LogP contribution in [0.5, 0.6) is 0 Å². The van der Waals surface area contributed by atoms with E-state index in [1.165, 1.54) is 13.0 Å². The number of carbonyl (C=O) groups is 1. The molecule has 0 aromatic heterocycles. The molecule has 0 saturated carbocycles. The Morgan fingerprint density at radius 2 is 2.19 bits per heavy atom. The van der Waals surface area contributed by atoms with Gasteiger partial charge in [0.1, 0.15) is 5.54 Å². The molecule has 0 radical (unpaired) electrons. The molecule has 0 aromatic rings. The van der Waals surface area contributed by atoms with Crippen LogP contribution in [0.3, 0.4) is 0 Å². The third-order valence-electron chi connectivity index (χ3n) is 3.98. The lowest BCUT2D eigenvalue weighted by molar-refractivity contribution is -0.151. The molecule has 2 unspecified atom stereocenters. The maximum absolute atomic E-state index is 12.3. The highest BCUT2D eigenvalue weighted by Gasteiger charge is 2.37. The zero-order valence-electron chi connectivity index (χ0n) is 14.6. The van der Waals surface area contributed by atoms with E-state index < -0.39 is 5.54 Å². The minimum Gasteiger partial charge on any atom is -0.465 e. The van der Waals surface area contributed by atoms with E-state index in [1.54, 1.807) is 0 Å². The van der Waals surface area contributed by atoms with Crippen molar-refractivity contribution in [2.24, 2.45) is 5.92 Å². The van der Waals surface area contributed by atoms with Crippen LogP contribution in [0.1, 0.15) is 34.1 Å². The minimum absolute atomic E-state index is 0.158. The summed E-state index contributed by atoms with van der Waals surface area (Å²) in [7, 11) is 4.26. The van der Waals surface area contributed by atoms with E-state index in [0.717, 1.165) is 13.1 Å². The quantitative estimate of drug-likeness (QED) is 0.682. The van der Waals surface area contributed by atoms with Crippen LogP contribution in [0.25, 0.3) is 0 Å². The predicted molar refractivity (Wildman–Crippen MR) is 86.4 cm³/mol. The summed E-state index contributed by atoms with van der Waals surface area (Å²) in [6.07, 6.45) is 1.24. The number of likely N-dealkylation sites (tertiary alicyclic amines) is 1. The Balaban J connectivity index is 2.60. The van der Waals surface area contributed by atoms with Crippen LogP contribution in [0, 0.1) is 5.92 Å². The summed E-state index contributed by atoms with van der Waals surface area (Å²) >= 11 is 0. The Kier molecular flexibility index (Phi) is 7.10. The maximum Gasteiger partial charge on any atom is 0.327 e. The highest BCUT2D eigenvalue weighted by Crippen LogP contribution is 2.17. The number of ether oxygens (including phenoxy) is 1. The van der Waals surface area contributed by atoms with Gasteiger partial charge in [0.2, 0.25) is 0 Å². The molecule has 21 heavy (non-hydrogen) atoms. The first-order chi connectivity index (χ1) is 9.76. The Labute approximate surface area is 130 Å². The fraction of sp³-hybridized carbons (Fsp3) is 0.938. The number of likely N-dealkylation sites (N-methyl/N-ethyl adjacent to an activating group) is 1. The molecule has 0 amide bonds. The van der Waals surface area contributed by atoms with E-state index in [1.807, 2.05) is 13.8 Å². The summed E-state index contributed by atoms with van der Waals surface area (Å²) in [5.74, 6) is 0.541. The number of hydrogen-bond acceptors (Lipinski definition) is 5. The fourth-order valence-electron chi connectivity index (χ4n) is 3.32. The molecule has 5 nitrogen and oxygen atoms in total. The Morgan fingerprint density at radius 3 is 2.67 bits per heavy atom. The van der Waals surface area contributed by atoms with E-state index in [4.69, 9.17) is 4.74 Å². The van der Waals surface area contributed by atoms with E-state index >= 15 is 0 Å². The number of carbonyl (C=O) groups excluding carboxylic acids is 1. The van der Waals surface area contributed by atoms with E-state index in [0.29, 0.717) is 19.1 Å². The zero-order valence-corrected chi connectivity index (χ0v) is 14.6. The topological polar surface area (TPSA) is 44.8 Å². The molecule has 1 aliphatic rings.